The van der Waals surface area contributed by atoms with Crippen LogP contribution in [0.1, 0.15) is 25.0 Å². The van der Waals surface area contributed by atoms with Crippen molar-refractivity contribution in [3.8, 4) is 0 Å². The van der Waals surface area contributed by atoms with Crippen molar-refractivity contribution in [2.24, 2.45) is 0 Å². The lowest BCUT2D eigenvalue weighted by molar-refractivity contribution is 0.151. The van der Waals surface area contributed by atoms with Crippen molar-refractivity contribution in [1.82, 2.24) is 0 Å². The van der Waals surface area contributed by atoms with Crippen molar-refractivity contribution in [2.45, 2.75) is 20.5 Å². The summed E-state index contributed by atoms with van der Waals surface area (Å²) >= 11 is 0. The molecule has 1 aromatic carbocycles. The van der Waals surface area contributed by atoms with Crippen molar-refractivity contribution in [1.29, 1.82) is 5.41 Å². The van der Waals surface area contributed by atoms with E-state index in [-0.39, 0.29) is 0 Å². The zero-order valence-electron chi connectivity index (χ0n) is 8.13. The fourth-order valence-electron chi connectivity index (χ4n) is 1.28. The van der Waals surface area contributed by atoms with Gasteiger partial charge in [-0.1, -0.05) is 38.1 Å². The first kappa shape index (κ1) is 9.93. The van der Waals surface area contributed by atoms with Gasteiger partial charge in [0.2, 0.25) is 0 Å². The Hall–Kier alpha value is -1.15. The third-order valence-corrected chi connectivity index (χ3v) is 1.85. The molecule has 1 N–H and O–H groups in total. The van der Waals surface area contributed by atoms with Gasteiger partial charge in [-0.05, 0) is 5.56 Å². The molecule has 2 rings (SSSR count). The average Bonchev–Trinajstić information content (AvgIpc) is 2.22. The van der Waals surface area contributed by atoms with Gasteiger partial charge in [-0.2, -0.15) is 0 Å². The molecule has 1 aliphatic rings. The Morgan fingerprint density at radius 1 is 1.15 bits per heavy atom. The van der Waals surface area contributed by atoms with Crippen molar-refractivity contribution >= 4 is 5.71 Å². The molecule has 0 saturated carbocycles. The highest BCUT2D eigenvalue weighted by atomic mass is 16.5. The van der Waals surface area contributed by atoms with Gasteiger partial charge in [0.1, 0.15) is 0 Å². The maximum Gasteiger partial charge on any atom is 0.0891 e. The molecule has 0 atom stereocenters. The summed E-state index contributed by atoms with van der Waals surface area (Å²) in [6.45, 7) is 5.11. The summed E-state index contributed by atoms with van der Waals surface area (Å²) in [6.07, 6.45) is 0. The Labute approximate surface area is 79.1 Å². The van der Waals surface area contributed by atoms with E-state index in [2.05, 4.69) is 0 Å². The fourth-order valence-corrected chi connectivity index (χ4v) is 1.28. The standard InChI is InChI=1S/C9H9NO.C2H6/c10-9-6-11-5-7-3-1-2-4-8(7)9;1-2/h1-4,10H,5-6H2;1-2H3. The summed E-state index contributed by atoms with van der Waals surface area (Å²) in [5.74, 6) is 0. The minimum absolute atomic E-state index is 0.455. The van der Waals surface area contributed by atoms with Crippen LogP contribution in [0.4, 0.5) is 0 Å². The third-order valence-electron chi connectivity index (χ3n) is 1.85. The molecule has 2 nitrogen and oxygen atoms in total. The Morgan fingerprint density at radius 2 is 1.85 bits per heavy atom. The van der Waals surface area contributed by atoms with E-state index in [4.69, 9.17) is 10.1 Å². The summed E-state index contributed by atoms with van der Waals surface area (Å²) in [5, 5.41) is 7.55. The second-order valence-electron chi connectivity index (χ2n) is 2.63. The molecule has 0 aromatic heterocycles. The highest BCUT2D eigenvalue weighted by molar-refractivity contribution is 6.01. The molecule has 0 radical (unpaired) electrons. The van der Waals surface area contributed by atoms with Crippen LogP contribution in [0, 0.1) is 5.41 Å². The van der Waals surface area contributed by atoms with E-state index < -0.39 is 0 Å². The first-order valence-electron chi connectivity index (χ1n) is 4.61. The maximum atomic E-state index is 7.55. The highest BCUT2D eigenvalue weighted by Gasteiger charge is 2.12. The van der Waals surface area contributed by atoms with Crippen LogP contribution in [0.2, 0.25) is 0 Å². The normalized spacial score (nSPS) is 14.2. The van der Waals surface area contributed by atoms with E-state index in [1.54, 1.807) is 0 Å². The Balaban J connectivity index is 0.000000396. The molecule has 1 aliphatic heterocycles. The van der Waals surface area contributed by atoms with Crippen molar-refractivity contribution in [2.75, 3.05) is 6.61 Å². The number of nitrogens with one attached hydrogen (secondary N) is 1. The minimum Gasteiger partial charge on any atom is -0.370 e. The first-order valence-corrected chi connectivity index (χ1v) is 4.61. The maximum absolute atomic E-state index is 7.55. The van der Waals surface area contributed by atoms with Gasteiger partial charge in [0.05, 0.1) is 18.9 Å². The molecule has 0 fully saturated rings. The molecule has 0 saturated heterocycles. The number of hydrogen-bond donors (Lipinski definition) is 1. The second-order valence-corrected chi connectivity index (χ2v) is 2.63. The van der Waals surface area contributed by atoms with Gasteiger partial charge in [0.25, 0.3) is 0 Å². The Kier molecular flexibility index (Phi) is 3.65. The van der Waals surface area contributed by atoms with Crippen LogP contribution in [0.15, 0.2) is 24.3 Å². The fraction of sp³-hybridized carbons (Fsp3) is 0.364. The molecule has 0 unspecified atom stereocenters. The molecule has 0 aliphatic carbocycles. The van der Waals surface area contributed by atoms with Crippen LogP contribution in [0.5, 0.6) is 0 Å². The molecule has 13 heavy (non-hydrogen) atoms. The number of rotatable bonds is 0. The van der Waals surface area contributed by atoms with Crippen LogP contribution in [0.25, 0.3) is 0 Å². The van der Waals surface area contributed by atoms with Gasteiger partial charge >= 0.3 is 0 Å². The van der Waals surface area contributed by atoms with Crippen LogP contribution in [-0.4, -0.2) is 12.3 Å². The van der Waals surface area contributed by atoms with Crippen LogP contribution in [0.3, 0.4) is 0 Å². The second kappa shape index (κ2) is 4.77. The predicted octanol–water partition coefficient (Wildman–Crippen LogP) is 2.61. The molecule has 0 amide bonds. The van der Waals surface area contributed by atoms with E-state index >= 15 is 0 Å². The monoisotopic (exact) mass is 177 g/mol. The quantitative estimate of drug-likeness (QED) is 0.649. The molecule has 0 spiro atoms. The highest BCUT2D eigenvalue weighted by Crippen LogP contribution is 2.15. The van der Waals surface area contributed by atoms with E-state index in [9.17, 15) is 0 Å². The molecule has 2 heteroatoms. The predicted molar refractivity (Wildman–Crippen MR) is 54.3 cm³/mol. The van der Waals surface area contributed by atoms with Gasteiger partial charge in [-0.25, -0.2) is 0 Å². The number of benzene rings is 1. The summed E-state index contributed by atoms with van der Waals surface area (Å²) in [5.41, 5.74) is 2.76. The summed E-state index contributed by atoms with van der Waals surface area (Å²) < 4.78 is 5.18. The smallest absolute Gasteiger partial charge is 0.0891 e. The number of ether oxygens (including phenoxy) is 1. The SMILES string of the molecule is CC.N=C1COCc2ccccc21. The molecular formula is C11H15NO. The van der Waals surface area contributed by atoms with E-state index in [0.29, 0.717) is 18.9 Å². The Morgan fingerprint density at radius 3 is 2.54 bits per heavy atom. The summed E-state index contributed by atoms with van der Waals surface area (Å²) in [6, 6.07) is 7.91. The van der Waals surface area contributed by atoms with Gasteiger partial charge in [-0.3, -0.25) is 0 Å². The van der Waals surface area contributed by atoms with Crippen LogP contribution < -0.4 is 0 Å². The lowest BCUT2D eigenvalue weighted by Crippen LogP contribution is -2.17. The van der Waals surface area contributed by atoms with Crippen molar-refractivity contribution in [3.05, 3.63) is 35.4 Å². The average molecular weight is 177 g/mol. The topological polar surface area (TPSA) is 33.1 Å². The van der Waals surface area contributed by atoms with E-state index in [1.165, 1.54) is 0 Å². The van der Waals surface area contributed by atoms with Crippen molar-refractivity contribution in [3.63, 3.8) is 0 Å². The molecule has 0 bridgehead atoms. The molecule has 1 heterocycles. The number of hydrogen-bond acceptors (Lipinski definition) is 2. The van der Waals surface area contributed by atoms with Crippen LogP contribution in [-0.2, 0) is 11.3 Å². The summed E-state index contributed by atoms with van der Waals surface area (Å²) in [4.78, 5) is 0. The minimum atomic E-state index is 0.455. The summed E-state index contributed by atoms with van der Waals surface area (Å²) in [7, 11) is 0. The number of fused-ring (bicyclic) bond motifs is 1. The van der Waals surface area contributed by atoms with Gasteiger partial charge in [0, 0.05) is 5.56 Å². The van der Waals surface area contributed by atoms with Crippen LogP contribution >= 0.6 is 0 Å². The largest absolute Gasteiger partial charge is 0.370 e. The molecule has 1 aromatic rings. The van der Waals surface area contributed by atoms with Gasteiger partial charge in [-0.15, -0.1) is 0 Å². The zero-order chi connectivity index (χ0) is 9.68. The van der Waals surface area contributed by atoms with E-state index in [1.807, 2.05) is 38.1 Å². The molecule has 70 valence electrons. The lowest BCUT2D eigenvalue weighted by atomic mass is 10.0. The molecular weight excluding hydrogens is 162 g/mol. The first-order chi connectivity index (χ1) is 6.38. The van der Waals surface area contributed by atoms with Crippen molar-refractivity contribution < 1.29 is 4.74 Å². The third kappa shape index (κ3) is 2.16. The van der Waals surface area contributed by atoms with E-state index in [0.717, 1.165) is 11.1 Å². The van der Waals surface area contributed by atoms with Gasteiger partial charge in [0.15, 0.2) is 0 Å². The zero-order valence-corrected chi connectivity index (χ0v) is 8.13. The lowest BCUT2D eigenvalue weighted by Gasteiger charge is -2.16. The Bertz CT molecular complexity index is 294. The van der Waals surface area contributed by atoms with Gasteiger partial charge < -0.3 is 10.1 Å².